The second-order valence-electron chi connectivity index (χ2n) is 8.51. The van der Waals surface area contributed by atoms with Gasteiger partial charge in [0.2, 0.25) is 11.9 Å². The van der Waals surface area contributed by atoms with E-state index in [1.807, 2.05) is 6.07 Å². The highest BCUT2D eigenvalue weighted by molar-refractivity contribution is 5.94. The summed E-state index contributed by atoms with van der Waals surface area (Å²) < 4.78 is 39.4. The van der Waals surface area contributed by atoms with Gasteiger partial charge in [0, 0.05) is 49.6 Å². The van der Waals surface area contributed by atoms with Crippen LogP contribution in [0.5, 0.6) is 11.5 Å². The summed E-state index contributed by atoms with van der Waals surface area (Å²) in [6, 6.07) is 5.22. The predicted octanol–water partition coefficient (Wildman–Crippen LogP) is 4.15. The predicted molar refractivity (Wildman–Crippen MR) is 131 cm³/mol. The van der Waals surface area contributed by atoms with Crippen LogP contribution >= 0.6 is 0 Å². The van der Waals surface area contributed by atoms with E-state index in [2.05, 4.69) is 37.0 Å². The van der Waals surface area contributed by atoms with Crippen molar-refractivity contribution in [3.63, 3.8) is 0 Å². The fourth-order valence-corrected chi connectivity index (χ4v) is 4.51. The molecular formula is C24H24F2N8O2. The third kappa shape index (κ3) is 4.35. The molecule has 1 atom stereocenters. The van der Waals surface area contributed by atoms with E-state index in [0.717, 1.165) is 5.56 Å². The van der Waals surface area contributed by atoms with Crippen LogP contribution in [0.3, 0.4) is 0 Å². The number of anilines is 3. The number of aromatic amines is 1. The summed E-state index contributed by atoms with van der Waals surface area (Å²) >= 11 is 0. The van der Waals surface area contributed by atoms with E-state index in [1.165, 1.54) is 12.4 Å². The lowest BCUT2D eigenvalue weighted by Crippen LogP contribution is -2.20. The molecule has 3 heterocycles. The Morgan fingerprint density at radius 2 is 2.08 bits per heavy atom. The van der Waals surface area contributed by atoms with Crippen molar-refractivity contribution in [2.75, 3.05) is 30.9 Å². The number of allylic oxidation sites excluding steroid dienone is 1. The van der Waals surface area contributed by atoms with Gasteiger partial charge in [0.1, 0.15) is 30.7 Å². The topological polar surface area (TPSA) is 144 Å². The minimum Gasteiger partial charge on any atom is -0.485 e. The van der Waals surface area contributed by atoms with Crippen LogP contribution in [0.15, 0.2) is 24.4 Å². The average molecular weight is 495 g/mol. The maximum atomic E-state index is 13.8. The fourth-order valence-electron chi connectivity index (χ4n) is 4.51. The number of nitrogens with zero attached hydrogens (tertiary/aromatic N) is 3. The molecule has 2 aliphatic rings. The molecule has 1 saturated carbocycles. The van der Waals surface area contributed by atoms with E-state index in [0.29, 0.717) is 64.9 Å². The standard InChI is InChI=1S/C24H24F2N8O2/c1-29-16(5-7-27)15-2-3-17(20-19(15)35-8-9-36-20)32-23-33-21-18(13(11-28)12-30-21)22(34-23)31-14-4-6-24(25,26)10-14/h2-3,5,7,12,14,27,29H,4,6,8-10H2,1H3,(H3,30,31,32,33,34)/b16-5-,27-7?. The van der Waals surface area contributed by atoms with Gasteiger partial charge in [-0.3, -0.25) is 0 Å². The van der Waals surface area contributed by atoms with E-state index in [9.17, 15) is 14.0 Å². The van der Waals surface area contributed by atoms with E-state index >= 15 is 0 Å². The first kappa shape index (κ1) is 23.3. The van der Waals surface area contributed by atoms with E-state index < -0.39 is 12.0 Å². The molecule has 1 aliphatic heterocycles. The molecule has 1 aromatic carbocycles. The van der Waals surface area contributed by atoms with Crippen LogP contribution in [-0.4, -0.2) is 53.4 Å². The molecular weight excluding hydrogens is 470 g/mol. The van der Waals surface area contributed by atoms with Gasteiger partial charge in [-0.2, -0.15) is 15.2 Å². The van der Waals surface area contributed by atoms with Crippen LogP contribution in [0.1, 0.15) is 30.4 Å². The Hall–Kier alpha value is -4.40. The summed E-state index contributed by atoms with van der Waals surface area (Å²) in [5.74, 6) is -1.26. The molecule has 0 spiro atoms. The molecule has 1 aliphatic carbocycles. The van der Waals surface area contributed by atoms with Crippen molar-refractivity contribution in [3.05, 3.63) is 35.5 Å². The van der Waals surface area contributed by atoms with Crippen molar-refractivity contribution in [1.29, 1.82) is 10.7 Å². The number of H-pyrrole nitrogens is 1. The molecule has 3 aromatic rings. The highest BCUT2D eigenvalue weighted by Crippen LogP contribution is 2.44. The largest absolute Gasteiger partial charge is 0.485 e. The summed E-state index contributed by atoms with van der Waals surface area (Å²) in [6.07, 6.45) is 4.10. The molecule has 0 saturated heterocycles. The zero-order valence-corrected chi connectivity index (χ0v) is 19.4. The number of benzene rings is 1. The summed E-state index contributed by atoms with van der Waals surface area (Å²) in [4.78, 5) is 12.0. The number of halogens is 2. The summed E-state index contributed by atoms with van der Waals surface area (Å²) in [5, 5.41) is 26.7. The lowest BCUT2D eigenvalue weighted by molar-refractivity contribution is 0.00852. The van der Waals surface area contributed by atoms with Crippen LogP contribution in [-0.2, 0) is 0 Å². The van der Waals surface area contributed by atoms with Crippen molar-refractivity contribution in [1.82, 2.24) is 20.3 Å². The third-order valence-corrected chi connectivity index (χ3v) is 6.14. The van der Waals surface area contributed by atoms with Gasteiger partial charge in [-0.05, 0) is 24.6 Å². The summed E-state index contributed by atoms with van der Waals surface area (Å²) in [7, 11) is 1.75. The number of nitriles is 1. The van der Waals surface area contributed by atoms with E-state index in [1.54, 1.807) is 19.2 Å². The fraction of sp³-hybridized carbons (Fsp3) is 0.333. The molecule has 12 heteroatoms. The molecule has 0 bridgehead atoms. The molecule has 1 fully saturated rings. The van der Waals surface area contributed by atoms with Gasteiger partial charge in [0.05, 0.1) is 16.6 Å². The van der Waals surface area contributed by atoms with Crippen molar-refractivity contribution < 1.29 is 18.3 Å². The molecule has 5 N–H and O–H groups in total. The zero-order valence-electron chi connectivity index (χ0n) is 19.4. The lowest BCUT2D eigenvalue weighted by Gasteiger charge is -2.24. The number of ether oxygens (including phenoxy) is 2. The number of rotatable bonds is 7. The van der Waals surface area contributed by atoms with Crippen LogP contribution in [0.25, 0.3) is 16.7 Å². The van der Waals surface area contributed by atoms with Crippen LogP contribution in [0, 0.1) is 16.7 Å². The maximum Gasteiger partial charge on any atom is 0.250 e. The number of hydrogen-bond acceptors (Lipinski definition) is 9. The number of aromatic nitrogens is 3. The number of alkyl halides is 2. The monoisotopic (exact) mass is 494 g/mol. The first-order valence-corrected chi connectivity index (χ1v) is 11.4. The molecule has 2 aromatic heterocycles. The highest BCUT2D eigenvalue weighted by Gasteiger charge is 2.39. The van der Waals surface area contributed by atoms with Gasteiger partial charge in [0.15, 0.2) is 11.5 Å². The molecule has 36 heavy (non-hydrogen) atoms. The SMILES string of the molecule is CN/C(=C\C=N)c1ccc(Nc2nc(NC3CCC(F)(F)C3)c3c(C#N)c[nH]c3n2)c2c1OCCO2. The quantitative estimate of drug-likeness (QED) is 0.308. The zero-order chi connectivity index (χ0) is 25.3. The maximum absolute atomic E-state index is 13.8. The first-order chi connectivity index (χ1) is 17.4. The van der Waals surface area contributed by atoms with Crippen molar-refractivity contribution in [2.45, 2.75) is 31.2 Å². The second kappa shape index (κ2) is 9.33. The van der Waals surface area contributed by atoms with Crippen LogP contribution in [0.2, 0.25) is 0 Å². The Labute approximate surface area is 205 Å². The van der Waals surface area contributed by atoms with Crippen molar-refractivity contribution >= 4 is 40.4 Å². The van der Waals surface area contributed by atoms with Crippen molar-refractivity contribution in [3.8, 4) is 17.6 Å². The van der Waals surface area contributed by atoms with Gasteiger partial charge >= 0.3 is 0 Å². The molecule has 1 unspecified atom stereocenters. The average Bonchev–Trinajstić information content (AvgIpc) is 3.45. The van der Waals surface area contributed by atoms with Gasteiger partial charge in [0.25, 0.3) is 0 Å². The number of fused-ring (bicyclic) bond motifs is 2. The lowest BCUT2D eigenvalue weighted by atomic mass is 10.1. The second-order valence-corrected chi connectivity index (χ2v) is 8.51. The van der Waals surface area contributed by atoms with E-state index in [4.69, 9.17) is 14.9 Å². The smallest absolute Gasteiger partial charge is 0.250 e. The Bertz CT molecular complexity index is 1390. The Kier molecular flexibility index (Phi) is 6.05. The highest BCUT2D eigenvalue weighted by atomic mass is 19.3. The number of nitrogens with one attached hydrogen (secondary N) is 5. The van der Waals surface area contributed by atoms with Gasteiger partial charge in [-0.15, -0.1) is 0 Å². The Balaban J connectivity index is 1.53. The van der Waals surface area contributed by atoms with Gasteiger partial charge in [-0.25, -0.2) is 8.78 Å². The summed E-state index contributed by atoms with van der Waals surface area (Å²) in [6.45, 7) is 0.714. The minimum atomic E-state index is -2.72. The normalized spacial score (nSPS) is 18.5. The van der Waals surface area contributed by atoms with Gasteiger partial charge < -0.3 is 35.8 Å². The molecule has 10 nitrogen and oxygen atoms in total. The molecule has 0 amide bonds. The Morgan fingerprint density at radius 3 is 2.78 bits per heavy atom. The summed E-state index contributed by atoms with van der Waals surface area (Å²) in [5.41, 5.74) is 2.67. The van der Waals surface area contributed by atoms with E-state index in [-0.39, 0.29) is 18.8 Å². The first-order valence-electron chi connectivity index (χ1n) is 11.4. The van der Waals surface area contributed by atoms with Crippen molar-refractivity contribution in [2.24, 2.45) is 0 Å². The van der Waals surface area contributed by atoms with Crippen LogP contribution in [0.4, 0.5) is 26.2 Å². The molecule has 5 rings (SSSR count). The number of hydrogen-bond donors (Lipinski definition) is 5. The minimum absolute atomic E-state index is 0.189. The Morgan fingerprint density at radius 1 is 1.28 bits per heavy atom. The van der Waals surface area contributed by atoms with Gasteiger partial charge in [-0.1, -0.05) is 0 Å². The molecule has 186 valence electrons. The third-order valence-electron chi connectivity index (χ3n) is 6.14. The van der Waals surface area contributed by atoms with Crippen LogP contribution < -0.4 is 25.4 Å². The molecule has 0 radical (unpaired) electrons.